The molecule has 0 radical (unpaired) electrons. The first-order chi connectivity index (χ1) is 6.02. The highest BCUT2D eigenvalue weighted by molar-refractivity contribution is 5.84. The molecule has 0 aromatic carbocycles. The van der Waals surface area contributed by atoms with Gasteiger partial charge in [0, 0.05) is 7.05 Å². The van der Waals surface area contributed by atoms with Gasteiger partial charge in [-0.15, -0.1) is 0 Å². The van der Waals surface area contributed by atoms with E-state index < -0.39 is 11.0 Å². The highest BCUT2D eigenvalue weighted by Gasteiger charge is 2.20. The van der Waals surface area contributed by atoms with Crippen LogP contribution in [0, 0.1) is 10.1 Å². The van der Waals surface area contributed by atoms with E-state index >= 15 is 0 Å². The van der Waals surface area contributed by atoms with E-state index in [0.717, 1.165) is 10.9 Å². The maximum Gasteiger partial charge on any atom is 0.410 e. The molecular formula is C5H6N4O4. The predicted molar refractivity (Wildman–Crippen MR) is 41.5 cm³/mol. The summed E-state index contributed by atoms with van der Waals surface area (Å²) in [6.07, 6.45) is -0.391. The molecule has 1 rings (SSSR count). The van der Waals surface area contributed by atoms with Gasteiger partial charge in [0.2, 0.25) is 5.82 Å². The molecule has 0 fully saturated rings. The van der Waals surface area contributed by atoms with Crippen molar-refractivity contribution in [3.05, 3.63) is 16.3 Å². The number of anilines is 1. The summed E-state index contributed by atoms with van der Waals surface area (Å²) in [5.74, 6) is -0.155. The Morgan fingerprint density at radius 3 is 2.92 bits per heavy atom. The number of amides is 1. The van der Waals surface area contributed by atoms with Crippen LogP contribution in [-0.4, -0.2) is 25.9 Å². The molecule has 13 heavy (non-hydrogen) atoms. The van der Waals surface area contributed by atoms with Gasteiger partial charge in [-0.3, -0.25) is 15.4 Å². The zero-order valence-corrected chi connectivity index (χ0v) is 6.59. The molecule has 1 heterocycles. The molecule has 8 nitrogen and oxygen atoms in total. The van der Waals surface area contributed by atoms with Gasteiger partial charge in [0.05, 0.1) is 4.92 Å². The minimum atomic E-state index is -1.37. The van der Waals surface area contributed by atoms with E-state index in [4.69, 9.17) is 5.11 Å². The highest BCUT2D eigenvalue weighted by Crippen LogP contribution is 2.21. The Morgan fingerprint density at radius 1 is 1.85 bits per heavy atom. The number of carboxylic acid groups (broad SMARTS) is 1. The predicted octanol–water partition coefficient (Wildman–Crippen LogP) is 0.418. The molecule has 70 valence electrons. The summed E-state index contributed by atoms with van der Waals surface area (Å²) >= 11 is 0. The van der Waals surface area contributed by atoms with Crippen molar-refractivity contribution in [2.24, 2.45) is 7.05 Å². The second-order valence-corrected chi connectivity index (χ2v) is 2.19. The molecule has 0 saturated carbocycles. The third-order valence-corrected chi connectivity index (χ3v) is 1.34. The van der Waals surface area contributed by atoms with Crippen molar-refractivity contribution in [2.45, 2.75) is 0 Å². The molecule has 8 heteroatoms. The monoisotopic (exact) mass is 186 g/mol. The number of aryl methyl sites for hydroxylation is 1. The van der Waals surface area contributed by atoms with Crippen molar-refractivity contribution in [1.82, 2.24) is 9.78 Å². The molecule has 0 aliphatic rings. The number of nitrogens with zero attached hydrogens (tertiary/aromatic N) is 3. The highest BCUT2D eigenvalue weighted by atomic mass is 16.6. The molecule has 1 amide bonds. The Labute approximate surface area is 71.9 Å². The van der Waals surface area contributed by atoms with Gasteiger partial charge in [-0.05, 0) is 0 Å². The van der Waals surface area contributed by atoms with Crippen LogP contribution in [0.2, 0.25) is 0 Å². The second kappa shape index (κ2) is 3.09. The Bertz CT molecular complexity index is 357. The standard InChI is InChI=1S/C5H6N4O4/c1-8-4(7-5(10)11)3(2-6-8)9(12)13/h2,7H,1H3,(H,10,11). The minimum absolute atomic E-state index is 0.155. The second-order valence-electron chi connectivity index (χ2n) is 2.19. The number of hydrogen-bond donors (Lipinski definition) is 2. The fourth-order valence-corrected chi connectivity index (χ4v) is 0.806. The van der Waals surface area contributed by atoms with Crippen LogP contribution >= 0.6 is 0 Å². The molecule has 0 saturated heterocycles. The average Bonchev–Trinajstić information content (AvgIpc) is 2.32. The van der Waals surface area contributed by atoms with E-state index in [0.29, 0.717) is 0 Å². The number of carbonyl (C=O) groups is 1. The van der Waals surface area contributed by atoms with Crippen LogP contribution < -0.4 is 5.32 Å². The van der Waals surface area contributed by atoms with Crippen LogP contribution in [0.15, 0.2) is 6.20 Å². The van der Waals surface area contributed by atoms with Crippen molar-refractivity contribution < 1.29 is 14.8 Å². The first-order valence-electron chi connectivity index (χ1n) is 3.18. The first-order valence-corrected chi connectivity index (χ1v) is 3.18. The van der Waals surface area contributed by atoms with Gasteiger partial charge >= 0.3 is 11.8 Å². The number of nitro groups is 1. The average molecular weight is 186 g/mol. The van der Waals surface area contributed by atoms with Crippen LogP contribution in [0.1, 0.15) is 0 Å². The van der Waals surface area contributed by atoms with Crippen molar-refractivity contribution >= 4 is 17.6 Å². The summed E-state index contributed by atoms with van der Waals surface area (Å²) < 4.78 is 1.08. The largest absolute Gasteiger partial charge is 0.465 e. The topological polar surface area (TPSA) is 110 Å². The van der Waals surface area contributed by atoms with Gasteiger partial charge in [0.15, 0.2) is 0 Å². The summed E-state index contributed by atoms with van der Waals surface area (Å²) in [7, 11) is 1.40. The lowest BCUT2D eigenvalue weighted by Gasteiger charge is -1.98. The van der Waals surface area contributed by atoms with Gasteiger partial charge in [-0.2, -0.15) is 5.10 Å². The lowest BCUT2D eigenvalue weighted by Crippen LogP contribution is -2.12. The van der Waals surface area contributed by atoms with Crippen LogP contribution in [-0.2, 0) is 7.05 Å². The van der Waals surface area contributed by atoms with Crippen molar-refractivity contribution in [2.75, 3.05) is 5.32 Å². The molecular weight excluding hydrogens is 180 g/mol. The molecule has 0 unspecified atom stereocenters. The molecule has 1 aromatic rings. The Balaban J connectivity index is 3.08. The SMILES string of the molecule is Cn1ncc([N+](=O)[O-])c1NC(=O)O. The van der Waals surface area contributed by atoms with Crippen LogP contribution in [0.5, 0.6) is 0 Å². The summed E-state index contributed by atoms with van der Waals surface area (Å²) in [6.45, 7) is 0. The summed E-state index contributed by atoms with van der Waals surface area (Å²) in [4.78, 5) is 19.8. The molecule has 0 aliphatic heterocycles. The Kier molecular flexibility index (Phi) is 2.13. The maximum absolute atomic E-state index is 10.3. The summed E-state index contributed by atoms with van der Waals surface area (Å²) in [5, 5.41) is 24.1. The molecule has 2 N–H and O–H groups in total. The lowest BCUT2D eigenvalue weighted by molar-refractivity contribution is -0.384. The van der Waals surface area contributed by atoms with Crippen LogP contribution in [0.25, 0.3) is 0 Å². The molecule has 1 aromatic heterocycles. The number of rotatable bonds is 2. The lowest BCUT2D eigenvalue weighted by atomic mass is 10.5. The fraction of sp³-hybridized carbons (Fsp3) is 0.200. The smallest absolute Gasteiger partial charge is 0.410 e. The third-order valence-electron chi connectivity index (χ3n) is 1.34. The van der Waals surface area contributed by atoms with Gasteiger partial charge in [0.25, 0.3) is 0 Å². The van der Waals surface area contributed by atoms with Gasteiger partial charge in [-0.1, -0.05) is 0 Å². The van der Waals surface area contributed by atoms with Crippen molar-refractivity contribution in [3.8, 4) is 0 Å². The number of aromatic nitrogens is 2. The Morgan fingerprint density at radius 2 is 2.46 bits per heavy atom. The zero-order valence-electron chi connectivity index (χ0n) is 6.59. The Hall–Kier alpha value is -2.12. The zero-order chi connectivity index (χ0) is 10.0. The van der Waals surface area contributed by atoms with E-state index in [1.54, 1.807) is 0 Å². The van der Waals surface area contributed by atoms with Crippen molar-refractivity contribution in [1.29, 1.82) is 0 Å². The van der Waals surface area contributed by atoms with Gasteiger partial charge in [-0.25, -0.2) is 9.48 Å². The normalized spacial score (nSPS) is 9.62. The molecule has 0 atom stereocenters. The minimum Gasteiger partial charge on any atom is -0.465 e. The molecule has 0 aliphatic carbocycles. The van der Waals surface area contributed by atoms with Crippen LogP contribution in [0.4, 0.5) is 16.3 Å². The summed E-state index contributed by atoms with van der Waals surface area (Å²) in [6, 6.07) is 0. The quantitative estimate of drug-likeness (QED) is 0.513. The first kappa shape index (κ1) is 8.97. The van der Waals surface area contributed by atoms with E-state index in [1.165, 1.54) is 7.05 Å². The van der Waals surface area contributed by atoms with Gasteiger partial charge in [0.1, 0.15) is 6.20 Å². The third kappa shape index (κ3) is 1.72. The maximum atomic E-state index is 10.3. The summed E-state index contributed by atoms with van der Waals surface area (Å²) in [5.41, 5.74) is -0.370. The van der Waals surface area contributed by atoms with E-state index in [-0.39, 0.29) is 11.5 Å². The van der Waals surface area contributed by atoms with E-state index in [2.05, 4.69) is 5.10 Å². The van der Waals surface area contributed by atoms with Gasteiger partial charge < -0.3 is 5.11 Å². The van der Waals surface area contributed by atoms with Crippen molar-refractivity contribution in [3.63, 3.8) is 0 Å². The van der Waals surface area contributed by atoms with E-state index in [1.807, 2.05) is 5.32 Å². The molecule has 0 spiro atoms. The van der Waals surface area contributed by atoms with E-state index in [9.17, 15) is 14.9 Å². The number of hydrogen-bond acceptors (Lipinski definition) is 4. The molecule has 0 bridgehead atoms. The number of nitrogens with one attached hydrogen (secondary N) is 1. The fourth-order valence-electron chi connectivity index (χ4n) is 0.806. The van der Waals surface area contributed by atoms with Crippen LogP contribution in [0.3, 0.4) is 0 Å².